The zero-order chi connectivity index (χ0) is 19.7. The van der Waals surface area contributed by atoms with Gasteiger partial charge in [-0.25, -0.2) is 0 Å². The molecule has 1 fully saturated rings. The van der Waals surface area contributed by atoms with E-state index in [-0.39, 0.29) is 5.56 Å². The molecule has 3 heterocycles. The summed E-state index contributed by atoms with van der Waals surface area (Å²) in [5.74, 6) is 1.37. The van der Waals surface area contributed by atoms with Crippen LogP contribution >= 0.6 is 11.3 Å². The zero-order valence-corrected chi connectivity index (χ0v) is 17.3. The highest BCUT2D eigenvalue weighted by Gasteiger charge is 2.17. The van der Waals surface area contributed by atoms with Crippen molar-refractivity contribution in [1.29, 1.82) is 0 Å². The number of nitrogens with zero attached hydrogens (tertiary/aromatic N) is 2. The smallest absolute Gasteiger partial charge is 0.259 e. The number of fused-ring (bicyclic) bond motifs is 1. The topological polar surface area (TPSA) is 55.7 Å². The van der Waals surface area contributed by atoms with E-state index in [2.05, 4.69) is 16.3 Å². The van der Waals surface area contributed by atoms with Crippen LogP contribution in [0.25, 0.3) is 21.2 Å². The molecule has 1 aliphatic heterocycles. The first-order chi connectivity index (χ1) is 13.6. The molecule has 1 aromatic carbocycles. The van der Waals surface area contributed by atoms with Crippen LogP contribution in [0.5, 0.6) is 11.5 Å². The van der Waals surface area contributed by atoms with Crippen molar-refractivity contribution < 1.29 is 9.47 Å². The summed E-state index contributed by atoms with van der Waals surface area (Å²) in [5, 5.41) is 4.16. The Labute approximate surface area is 168 Å². The molecule has 4 rings (SSSR count). The van der Waals surface area contributed by atoms with E-state index in [1.165, 1.54) is 4.88 Å². The van der Waals surface area contributed by atoms with Gasteiger partial charge < -0.3 is 19.4 Å². The van der Waals surface area contributed by atoms with Crippen molar-refractivity contribution in [2.24, 2.45) is 7.05 Å². The third kappa shape index (κ3) is 3.53. The van der Waals surface area contributed by atoms with Crippen LogP contribution in [0.2, 0.25) is 0 Å². The highest BCUT2D eigenvalue weighted by Crippen LogP contribution is 2.37. The van der Waals surface area contributed by atoms with E-state index < -0.39 is 0 Å². The molecule has 0 bridgehead atoms. The van der Waals surface area contributed by atoms with Crippen LogP contribution in [-0.4, -0.2) is 49.9 Å². The molecule has 0 aliphatic carbocycles. The summed E-state index contributed by atoms with van der Waals surface area (Å²) in [6.07, 6.45) is 1.91. The van der Waals surface area contributed by atoms with Gasteiger partial charge in [0.1, 0.15) is 0 Å². The second-order valence-electron chi connectivity index (χ2n) is 7.01. The molecule has 0 radical (unpaired) electrons. The van der Waals surface area contributed by atoms with Gasteiger partial charge >= 0.3 is 0 Å². The number of benzene rings is 1. The van der Waals surface area contributed by atoms with Crippen molar-refractivity contribution in [2.75, 3.05) is 40.4 Å². The number of methoxy groups -OCH3 is 2. The predicted octanol–water partition coefficient (Wildman–Crippen LogP) is 2.69. The normalized spacial score (nSPS) is 15.1. The molecule has 7 heteroatoms. The van der Waals surface area contributed by atoms with Gasteiger partial charge in [-0.2, -0.15) is 0 Å². The maximum Gasteiger partial charge on any atom is 0.259 e. The van der Waals surface area contributed by atoms with Crippen LogP contribution < -0.4 is 20.3 Å². The molecule has 1 N–H and O–H groups in total. The average Bonchev–Trinajstić information content (AvgIpc) is 3.14. The minimum absolute atomic E-state index is 0.0436. The molecule has 0 spiro atoms. The van der Waals surface area contributed by atoms with Crippen molar-refractivity contribution in [2.45, 2.75) is 6.54 Å². The van der Waals surface area contributed by atoms with Crippen molar-refractivity contribution in [3.63, 3.8) is 0 Å². The molecule has 6 nitrogen and oxygen atoms in total. The first kappa shape index (κ1) is 19.0. The van der Waals surface area contributed by atoms with Gasteiger partial charge in [0.2, 0.25) is 0 Å². The van der Waals surface area contributed by atoms with Gasteiger partial charge in [-0.3, -0.25) is 9.69 Å². The Hall–Kier alpha value is -2.35. The molecular weight excluding hydrogens is 374 g/mol. The second-order valence-corrected chi connectivity index (χ2v) is 8.15. The Morgan fingerprint density at radius 2 is 1.86 bits per heavy atom. The number of hydrogen-bond acceptors (Lipinski definition) is 6. The van der Waals surface area contributed by atoms with Crippen LogP contribution in [0.15, 0.2) is 35.3 Å². The summed E-state index contributed by atoms with van der Waals surface area (Å²) >= 11 is 1.71. The first-order valence-electron chi connectivity index (χ1n) is 9.38. The fourth-order valence-electron chi connectivity index (χ4n) is 3.68. The summed E-state index contributed by atoms with van der Waals surface area (Å²) in [6.45, 7) is 4.99. The highest BCUT2D eigenvalue weighted by molar-refractivity contribution is 7.19. The number of hydrogen-bond donors (Lipinski definition) is 1. The van der Waals surface area contributed by atoms with Gasteiger partial charge in [0, 0.05) is 61.1 Å². The molecule has 0 saturated carbocycles. The summed E-state index contributed by atoms with van der Waals surface area (Å²) in [4.78, 5) is 16.4. The number of thiophene rings is 1. The lowest BCUT2D eigenvalue weighted by Crippen LogP contribution is -2.42. The number of rotatable bonds is 5. The van der Waals surface area contributed by atoms with E-state index in [0.29, 0.717) is 11.5 Å². The number of aromatic nitrogens is 1. The number of pyridine rings is 1. The fourth-order valence-corrected chi connectivity index (χ4v) is 4.90. The minimum Gasteiger partial charge on any atom is -0.493 e. The third-order valence-electron chi connectivity index (χ3n) is 5.18. The maximum atomic E-state index is 12.7. The molecule has 2 aromatic heterocycles. The molecule has 1 saturated heterocycles. The van der Waals surface area contributed by atoms with E-state index in [0.717, 1.165) is 53.9 Å². The lowest BCUT2D eigenvalue weighted by atomic mass is 10.1. The lowest BCUT2D eigenvalue weighted by Gasteiger charge is -2.26. The minimum atomic E-state index is 0.0436. The summed E-state index contributed by atoms with van der Waals surface area (Å²) in [7, 11) is 5.07. The third-order valence-corrected chi connectivity index (χ3v) is 6.34. The lowest BCUT2D eigenvalue weighted by molar-refractivity contribution is 0.235. The number of ether oxygens (including phenoxy) is 2. The summed E-state index contributed by atoms with van der Waals surface area (Å²) < 4.78 is 13.5. The summed E-state index contributed by atoms with van der Waals surface area (Å²) in [5.41, 5.74) is 2.09. The van der Waals surface area contributed by atoms with Crippen LogP contribution in [0, 0.1) is 0 Å². The Kier molecular flexibility index (Phi) is 5.39. The molecular formula is C21H25N3O3S. The first-order valence-corrected chi connectivity index (χ1v) is 10.2. The van der Waals surface area contributed by atoms with E-state index >= 15 is 0 Å². The van der Waals surface area contributed by atoms with Crippen molar-refractivity contribution in [3.05, 3.63) is 45.7 Å². The molecule has 148 valence electrons. The molecule has 1 aliphatic rings. The van der Waals surface area contributed by atoms with E-state index in [1.54, 1.807) is 37.2 Å². The Balaban J connectivity index is 1.80. The Bertz CT molecular complexity index is 1050. The summed E-state index contributed by atoms with van der Waals surface area (Å²) in [6, 6.07) is 7.94. The Morgan fingerprint density at radius 3 is 2.57 bits per heavy atom. The Morgan fingerprint density at radius 1 is 1.11 bits per heavy atom. The second kappa shape index (κ2) is 7.95. The zero-order valence-electron chi connectivity index (χ0n) is 16.4. The van der Waals surface area contributed by atoms with Gasteiger partial charge in [-0.15, -0.1) is 11.3 Å². The predicted molar refractivity (Wildman–Crippen MR) is 114 cm³/mol. The fraction of sp³-hybridized carbons (Fsp3) is 0.381. The van der Waals surface area contributed by atoms with Crippen LogP contribution in [0.1, 0.15) is 4.88 Å². The number of piperazine rings is 1. The number of aryl methyl sites for hydroxylation is 1. The van der Waals surface area contributed by atoms with Crippen LogP contribution in [-0.2, 0) is 13.6 Å². The van der Waals surface area contributed by atoms with E-state index in [1.807, 2.05) is 24.4 Å². The van der Waals surface area contributed by atoms with Gasteiger partial charge in [-0.05, 0) is 23.8 Å². The van der Waals surface area contributed by atoms with E-state index in [4.69, 9.17) is 9.47 Å². The van der Waals surface area contributed by atoms with Crippen LogP contribution in [0.3, 0.4) is 0 Å². The standard InChI is InChI=1S/C21H25N3O3S/c1-23-13-17(14-4-5-18(26-2)19(10-14)27-3)20-16(21(23)25)11-15(28-20)12-24-8-6-22-7-9-24/h4-5,10-11,13,22H,6-9,12H2,1-3H3. The molecule has 0 atom stereocenters. The van der Waals surface area contributed by atoms with Gasteiger partial charge in [0.05, 0.1) is 19.6 Å². The molecule has 0 unspecified atom stereocenters. The van der Waals surface area contributed by atoms with E-state index in [9.17, 15) is 4.79 Å². The molecule has 0 amide bonds. The van der Waals surface area contributed by atoms with Gasteiger partial charge in [-0.1, -0.05) is 6.07 Å². The quantitative estimate of drug-likeness (QED) is 0.715. The molecule has 28 heavy (non-hydrogen) atoms. The number of nitrogens with one attached hydrogen (secondary N) is 1. The van der Waals surface area contributed by atoms with Crippen molar-refractivity contribution in [3.8, 4) is 22.6 Å². The van der Waals surface area contributed by atoms with Crippen LogP contribution in [0.4, 0.5) is 0 Å². The highest BCUT2D eigenvalue weighted by atomic mass is 32.1. The average molecular weight is 400 g/mol. The largest absolute Gasteiger partial charge is 0.493 e. The monoisotopic (exact) mass is 399 g/mol. The van der Waals surface area contributed by atoms with Gasteiger partial charge in [0.25, 0.3) is 5.56 Å². The molecule has 3 aromatic rings. The van der Waals surface area contributed by atoms with Crippen molar-refractivity contribution >= 4 is 21.4 Å². The SMILES string of the molecule is COc1ccc(-c2cn(C)c(=O)c3cc(CN4CCNCC4)sc23)cc1OC. The van der Waals surface area contributed by atoms with Gasteiger partial charge in [0.15, 0.2) is 11.5 Å². The maximum absolute atomic E-state index is 12.7. The van der Waals surface area contributed by atoms with Crippen molar-refractivity contribution in [1.82, 2.24) is 14.8 Å².